The van der Waals surface area contributed by atoms with Gasteiger partial charge in [0.25, 0.3) is 0 Å². The van der Waals surface area contributed by atoms with Gasteiger partial charge in [0.1, 0.15) is 13.2 Å². The van der Waals surface area contributed by atoms with Crippen molar-refractivity contribution in [2.45, 2.75) is 63.3 Å². The van der Waals surface area contributed by atoms with E-state index < -0.39 is 30.9 Å². The van der Waals surface area contributed by atoms with Crippen molar-refractivity contribution in [3.63, 3.8) is 0 Å². The average molecular weight is 323 g/mol. The molecule has 4 nitrogen and oxygen atoms in total. The Morgan fingerprint density at radius 2 is 2.05 bits per heavy atom. The Bertz CT molecular complexity index is 398. The second-order valence-corrected chi connectivity index (χ2v) is 6.61. The predicted molar refractivity (Wildman–Crippen MR) is 74.2 cm³/mol. The first-order chi connectivity index (χ1) is 10.2. The normalized spacial score (nSPS) is 33.2. The van der Waals surface area contributed by atoms with Crippen molar-refractivity contribution in [3.8, 4) is 0 Å². The van der Waals surface area contributed by atoms with Crippen LogP contribution in [0.4, 0.5) is 13.2 Å². The Kier molecular flexibility index (Phi) is 5.37. The highest BCUT2D eigenvalue weighted by Crippen LogP contribution is 2.40. The van der Waals surface area contributed by atoms with E-state index in [1.165, 1.54) is 0 Å². The van der Waals surface area contributed by atoms with E-state index in [9.17, 15) is 23.1 Å². The number of hydrogen-bond acceptors (Lipinski definition) is 3. The van der Waals surface area contributed by atoms with Crippen LogP contribution in [0.25, 0.3) is 0 Å². The number of likely N-dealkylation sites (tertiary alicyclic amines) is 1. The number of carbonyl (C=O) groups excluding carboxylic acids is 1. The fourth-order valence-corrected chi connectivity index (χ4v) is 3.81. The Morgan fingerprint density at radius 1 is 1.32 bits per heavy atom. The van der Waals surface area contributed by atoms with Gasteiger partial charge in [0, 0.05) is 18.5 Å². The lowest BCUT2D eigenvalue weighted by molar-refractivity contribution is -0.178. The summed E-state index contributed by atoms with van der Waals surface area (Å²) in [6.07, 6.45) is 0.750. The van der Waals surface area contributed by atoms with Gasteiger partial charge in [-0.2, -0.15) is 13.2 Å². The number of nitrogens with zero attached hydrogens (tertiary/aromatic N) is 1. The van der Waals surface area contributed by atoms with Crippen LogP contribution in [0, 0.1) is 5.92 Å². The summed E-state index contributed by atoms with van der Waals surface area (Å²) in [6, 6.07) is -0.0858. The lowest BCUT2D eigenvalue weighted by Gasteiger charge is -2.43. The number of alkyl halides is 3. The van der Waals surface area contributed by atoms with Gasteiger partial charge >= 0.3 is 6.18 Å². The van der Waals surface area contributed by atoms with Gasteiger partial charge in [-0.1, -0.05) is 12.8 Å². The first-order valence-corrected chi connectivity index (χ1v) is 7.87. The van der Waals surface area contributed by atoms with Crippen molar-refractivity contribution in [1.82, 2.24) is 4.90 Å². The maximum Gasteiger partial charge on any atom is 0.411 e. The number of amides is 1. The monoisotopic (exact) mass is 323 g/mol. The van der Waals surface area contributed by atoms with E-state index in [2.05, 4.69) is 4.74 Å². The number of ether oxygens (including phenoxy) is 1. The number of rotatable bonds is 4. The summed E-state index contributed by atoms with van der Waals surface area (Å²) in [7, 11) is 0. The second-order valence-electron chi connectivity index (χ2n) is 6.61. The molecule has 7 heteroatoms. The largest absolute Gasteiger partial charge is 0.411 e. The van der Waals surface area contributed by atoms with Crippen LogP contribution in [0.5, 0.6) is 0 Å². The summed E-state index contributed by atoms with van der Waals surface area (Å²) in [6.45, 7) is 0.382. The molecule has 1 saturated carbocycles. The first kappa shape index (κ1) is 17.5. The van der Waals surface area contributed by atoms with Crippen molar-refractivity contribution >= 4 is 5.91 Å². The van der Waals surface area contributed by atoms with E-state index in [0.29, 0.717) is 13.0 Å². The number of hydrogen-bond donors (Lipinski definition) is 1. The van der Waals surface area contributed by atoms with Crippen LogP contribution >= 0.6 is 0 Å². The average Bonchev–Trinajstić information content (AvgIpc) is 2.85. The fraction of sp³-hybridized carbons (Fsp3) is 0.933. The molecule has 1 heterocycles. The van der Waals surface area contributed by atoms with Gasteiger partial charge in [0.05, 0.1) is 5.60 Å². The quantitative estimate of drug-likeness (QED) is 0.865. The van der Waals surface area contributed by atoms with Gasteiger partial charge < -0.3 is 14.7 Å². The van der Waals surface area contributed by atoms with Crippen LogP contribution in [-0.4, -0.2) is 53.5 Å². The van der Waals surface area contributed by atoms with Crippen LogP contribution < -0.4 is 0 Å². The number of carbonyl (C=O) groups is 1. The number of halogens is 3. The SMILES string of the molecule is C[C@]1(O)CCCC[C@@H]1[C@@H]1CCCN1C(=O)COCC(F)(F)F. The molecule has 128 valence electrons. The first-order valence-electron chi connectivity index (χ1n) is 7.87. The second kappa shape index (κ2) is 6.74. The summed E-state index contributed by atoms with van der Waals surface area (Å²) < 4.78 is 40.7. The summed E-state index contributed by atoms with van der Waals surface area (Å²) in [5.74, 6) is -0.413. The molecule has 0 spiro atoms. The standard InChI is InChI=1S/C15H24F3NO3/c1-14(21)7-3-2-5-11(14)12-6-4-8-19(12)13(20)9-22-10-15(16,17)18/h11-12,21H,2-10H2,1H3/t11-,12+,14+/m1/s1. The molecular formula is C15H24F3NO3. The van der Waals surface area contributed by atoms with Gasteiger partial charge in [-0.05, 0) is 32.6 Å². The van der Waals surface area contributed by atoms with Crippen LogP contribution in [0.1, 0.15) is 45.4 Å². The van der Waals surface area contributed by atoms with Crippen molar-refractivity contribution in [1.29, 1.82) is 0 Å². The molecule has 0 bridgehead atoms. The van der Waals surface area contributed by atoms with Crippen LogP contribution in [0.2, 0.25) is 0 Å². The molecule has 2 fully saturated rings. The Morgan fingerprint density at radius 3 is 2.68 bits per heavy atom. The molecule has 0 aromatic carbocycles. The smallest absolute Gasteiger partial charge is 0.390 e. The molecule has 1 amide bonds. The van der Waals surface area contributed by atoms with Gasteiger partial charge in [-0.3, -0.25) is 4.79 Å². The minimum Gasteiger partial charge on any atom is -0.390 e. The van der Waals surface area contributed by atoms with E-state index in [-0.39, 0.29) is 12.0 Å². The summed E-state index contributed by atoms with van der Waals surface area (Å²) in [5, 5.41) is 10.6. The lowest BCUT2D eigenvalue weighted by Crippen LogP contribution is -2.51. The highest BCUT2D eigenvalue weighted by Gasteiger charge is 2.44. The third-order valence-electron chi connectivity index (χ3n) is 4.82. The third kappa shape index (κ3) is 4.35. The number of aliphatic hydroxyl groups is 1. The minimum absolute atomic E-state index is 0.00434. The van der Waals surface area contributed by atoms with Gasteiger partial charge in [-0.25, -0.2) is 0 Å². The van der Waals surface area contributed by atoms with E-state index >= 15 is 0 Å². The van der Waals surface area contributed by atoms with Crippen LogP contribution in [0.3, 0.4) is 0 Å². The molecule has 2 rings (SSSR count). The highest BCUT2D eigenvalue weighted by molar-refractivity contribution is 5.78. The highest BCUT2D eigenvalue weighted by atomic mass is 19.4. The topological polar surface area (TPSA) is 49.8 Å². The summed E-state index contributed by atoms with van der Waals surface area (Å²) >= 11 is 0. The summed E-state index contributed by atoms with van der Waals surface area (Å²) in [5.41, 5.74) is -0.807. The van der Waals surface area contributed by atoms with Crippen LogP contribution in [0.15, 0.2) is 0 Å². The van der Waals surface area contributed by atoms with Crippen molar-refractivity contribution in [2.75, 3.05) is 19.8 Å². The van der Waals surface area contributed by atoms with Gasteiger partial charge in [0.15, 0.2) is 0 Å². The van der Waals surface area contributed by atoms with Crippen molar-refractivity contribution in [2.24, 2.45) is 5.92 Å². The fourth-order valence-electron chi connectivity index (χ4n) is 3.81. The van der Waals surface area contributed by atoms with Crippen molar-refractivity contribution in [3.05, 3.63) is 0 Å². The molecule has 0 radical (unpaired) electrons. The van der Waals surface area contributed by atoms with E-state index in [1.807, 2.05) is 0 Å². The molecular weight excluding hydrogens is 299 g/mol. The molecule has 1 N–H and O–H groups in total. The predicted octanol–water partition coefficient (Wildman–Crippen LogP) is 2.50. The maximum absolute atomic E-state index is 12.1. The van der Waals surface area contributed by atoms with Gasteiger partial charge in [0.2, 0.25) is 5.91 Å². The zero-order chi connectivity index (χ0) is 16.4. The van der Waals surface area contributed by atoms with Crippen LogP contribution in [-0.2, 0) is 9.53 Å². The zero-order valence-corrected chi connectivity index (χ0v) is 12.9. The molecule has 1 saturated heterocycles. The third-order valence-corrected chi connectivity index (χ3v) is 4.82. The lowest BCUT2D eigenvalue weighted by atomic mass is 9.72. The Balaban J connectivity index is 1.93. The maximum atomic E-state index is 12.1. The molecule has 2 aliphatic rings. The zero-order valence-electron chi connectivity index (χ0n) is 12.9. The molecule has 0 unspecified atom stereocenters. The van der Waals surface area contributed by atoms with Gasteiger partial charge in [-0.15, -0.1) is 0 Å². The Labute approximate surface area is 128 Å². The summed E-state index contributed by atoms with van der Waals surface area (Å²) in [4.78, 5) is 13.8. The molecule has 1 aliphatic heterocycles. The molecule has 1 aliphatic carbocycles. The van der Waals surface area contributed by atoms with E-state index in [0.717, 1.165) is 32.1 Å². The van der Waals surface area contributed by atoms with Crippen molar-refractivity contribution < 1.29 is 27.8 Å². The van der Waals surface area contributed by atoms with E-state index in [4.69, 9.17) is 0 Å². The van der Waals surface area contributed by atoms with E-state index in [1.54, 1.807) is 11.8 Å². The minimum atomic E-state index is -4.42. The molecule has 22 heavy (non-hydrogen) atoms. The Hall–Kier alpha value is -0.820. The molecule has 0 aromatic heterocycles. The molecule has 3 atom stereocenters. The molecule has 0 aromatic rings.